The first-order valence-electron chi connectivity index (χ1n) is 16.7. The molecule has 11 nitrogen and oxygen atoms in total. The highest BCUT2D eigenvalue weighted by Gasteiger charge is 2.09. The Labute approximate surface area is 310 Å². The number of hydrogen-bond acceptors (Lipinski definition) is 8. The lowest BCUT2D eigenvalue weighted by Crippen LogP contribution is -2.07. The highest BCUT2D eigenvalue weighted by molar-refractivity contribution is 5.99. The van der Waals surface area contributed by atoms with Crippen molar-refractivity contribution in [2.75, 3.05) is 21.7 Å². The number of hydrogen-bond donors (Lipinski definition) is 6. The molecule has 0 unspecified atom stereocenters. The van der Waals surface area contributed by atoms with Crippen LogP contribution in [-0.2, 0) is 4.79 Å². The molecule has 0 bridgehead atoms. The van der Waals surface area contributed by atoms with E-state index < -0.39 is 0 Å². The van der Waals surface area contributed by atoms with Crippen LogP contribution < -0.4 is 21.7 Å². The van der Waals surface area contributed by atoms with E-state index in [2.05, 4.69) is 76.1 Å². The van der Waals surface area contributed by atoms with Gasteiger partial charge in [-0.05, 0) is 90.7 Å². The maximum absolute atomic E-state index is 11.5. The molecule has 4 aromatic heterocycles. The van der Waals surface area contributed by atoms with Gasteiger partial charge in [0, 0.05) is 33.9 Å². The van der Waals surface area contributed by atoms with Crippen molar-refractivity contribution in [3.63, 3.8) is 0 Å². The van der Waals surface area contributed by atoms with Crippen LogP contribution in [0, 0.1) is 23.7 Å². The Morgan fingerprint density at radius 1 is 0.593 bits per heavy atom. The minimum atomic E-state index is -0.265. The molecule has 0 aliphatic rings. The molecule has 0 fully saturated rings. The summed E-state index contributed by atoms with van der Waals surface area (Å²) in [6.07, 6.45) is 4.23. The number of amides is 1. The third-order valence-corrected chi connectivity index (χ3v) is 7.81. The smallest absolute Gasteiger partial charge is 0.247 e. The third kappa shape index (κ3) is 8.76. The van der Waals surface area contributed by atoms with Crippen molar-refractivity contribution in [1.29, 1.82) is 0 Å². The lowest BCUT2D eigenvalue weighted by Gasteiger charge is -2.08. The molecule has 0 aliphatic carbocycles. The standard InChI is InChI=1S/C23H17N5O.C20H15N5/c1-2-21(29)26-17-9-6-10-18(13-17)27-22-20-14-19(28-23(20)25-15-24-22)12-11-16-7-4-3-5-8-16;21-15-7-4-8-16(11-15)24-19-18-12-17(25-20(18)23-13-22-19)10-9-14-5-2-1-3-6-14/h2-10,13-15H,1H2,(H,26,29)(H2,24,25,27,28);1-8,11-13H,21H2,(H2,22,23,24,25). The topological polar surface area (TPSA) is 162 Å². The van der Waals surface area contributed by atoms with Gasteiger partial charge in [-0.15, -0.1) is 0 Å². The van der Waals surface area contributed by atoms with E-state index in [4.69, 9.17) is 5.73 Å². The minimum Gasteiger partial charge on any atom is -0.399 e. The average molecular weight is 705 g/mol. The summed E-state index contributed by atoms with van der Waals surface area (Å²) < 4.78 is 0. The zero-order valence-electron chi connectivity index (χ0n) is 28.8. The molecule has 11 heteroatoms. The van der Waals surface area contributed by atoms with Gasteiger partial charge in [0.25, 0.3) is 0 Å². The fourth-order valence-electron chi connectivity index (χ4n) is 5.29. The monoisotopic (exact) mass is 704 g/mol. The molecule has 1 amide bonds. The van der Waals surface area contributed by atoms with Gasteiger partial charge in [0.15, 0.2) is 0 Å². The zero-order valence-corrected chi connectivity index (χ0v) is 28.8. The van der Waals surface area contributed by atoms with Crippen LogP contribution in [-0.4, -0.2) is 35.8 Å². The molecule has 7 N–H and O–H groups in total. The number of fused-ring (bicyclic) bond motifs is 2. The zero-order chi connectivity index (χ0) is 37.1. The summed E-state index contributed by atoms with van der Waals surface area (Å²) in [6, 6.07) is 38.4. The molecule has 0 radical (unpaired) electrons. The minimum absolute atomic E-state index is 0.265. The first-order chi connectivity index (χ1) is 26.5. The fourth-order valence-corrected chi connectivity index (χ4v) is 5.29. The second kappa shape index (κ2) is 16.2. The van der Waals surface area contributed by atoms with Crippen LogP contribution in [0.1, 0.15) is 22.5 Å². The number of aromatic amines is 2. The number of benzene rings is 4. The van der Waals surface area contributed by atoms with Crippen molar-refractivity contribution in [2.45, 2.75) is 0 Å². The predicted molar refractivity (Wildman–Crippen MR) is 215 cm³/mol. The summed E-state index contributed by atoms with van der Waals surface area (Å²) in [5, 5.41) is 11.0. The molecular weight excluding hydrogens is 673 g/mol. The van der Waals surface area contributed by atoms with E-state index in [9.17, 15) is 4.79 Å². The first kappa shape index (κ1) is 34.3. The Hall–Kier alpha value is -8.15. The van der Waals surface area contributed by atoms with Crippen LogP contribution in [0.4, 0.5) is 34.4 Å². The lowest BCUT2D eigenvalue weighted by atomic mass is 10.2. The van der Waals surface area contributed by atoms with Gasteiger partial charge in [0.05, 0.1) is 22.2 Å². The molecule has 54 heavy (non-hydrogen) atoms. The Balaban J connectivity index is 0.000000168. The quantitative estimate of drug-likeness (QED) is 0.0578. The largest absolute Gasteiger partial charge is 0.399 e. The molecule has 0 spiro atoms. The molecule has 260 valence electrons. The molecule has 0 saturated heterocycles. The highest BCUT2D eigenvalue weighted by atomic mass is 16.1. The first-order valence-corrected chi connectivity index (χ1v) is 16.7. The van der Waals surface area contributed by atoms with Gasteiger partial charge in [0.1, 0.15) is 35.6 Å². The SMILES string of the molecule is C=CC(=O)Nc1cccc(Nc2ncnc3[nH]c(C#Cc4ccccc4)cc23)c1.Nc1cccc(Nc2ncnc3[nH]c(C#Cc4ccccc4)cc23)c1. The summed E-state index contributed by atoms with van der Waals surface area (Å²) in [4.78, 5) is 35.2. The molecule has 8 rings (SSSR count). The summed E-state index contributed by atoms with van der Waals surface area (Å²) in [5.41, 5.74) is 13.7. The number of rotatable bonds is 6. The summed E-state index contributed by atoms with van der Waals surface area (Å²) >= 11 is 0. The van der Waals surface area contributed by atoms with Crippen molar-refractivity contribution in [1.82, 2.24) is 29.9 Å². The molecular formula is C43H32N10O. The van der Waals surface area contributed by atoms with Crippen LogP contribution in [0.25, 0.3) is 22.1 Å². The maximum Gasteiger partial charge on any atom is 0.247 e. The lowest BCUT2D eigenvalue weighted by molar-refractivity contribution is -0.111. The highest BCUT2D eigenvalue weighted by Crippen LogP contribution is 2.26. The van der Waals surface area contributed by atoms with Crippen LogP contribution in [0.2, 0.25) is 0 Å². The molecule has 4 heterocycles. The van der Waals surface area contributed by atoms with Gasteiger partial charge in [-0.25, -0.2) is 19.9 Å². The summed E-state index contributed by atoms with van der Waals surface area (Å²) in [6.45, 7) is 3.46. The van der Waals surface area contributed by atoms with Crippen molar-refractivity contribution in [3.05, 3.63) is 169 Å². The Morgan fingerprint density at radius 2 is 1.09 bits per heavy atom. The second-order valence-electron chi connectivity index (χ2n) is 11.7. The number of carbonyl (C=O) groups is 1. The number of nitrogen functional groups attached to an aromatic ring is 1. The summed E-state index contributed by atoms with van der Waals surface area (Å²) in [7, 11) is 0. The number of carbonyl (C=O) groups excluding carboxylic acids is 1. The second-order valence-corrected chi connectivity index (χ2v) is 11.7. The number of nitrogens with zero attached hydrogens (tertiary/aromatic N) is 4. The molecule has 0 aliphatic heterocycles. The Kier molecular flexibility index (Phi) is 10.3. The van der Waals surface area contributed by atoms with E-state index in [1.54, 1.807) is 6.07 Å². The van der Waals surface area contributed by atoms with E-state index in [-0.39, 0.29) is 5.91 Å². The molecule has 4 aromatic carbocycles. The number of anilines is 6. The van der Waals surface area contributed by atoms with Gasteiger partial charge in [-0.3, -0.25) is 4.79 Å². The fraction of sp³-hybridized carbons (Fsp3) is 0. The van der Waals surface area contributed by atoms with Gasteiger partial charge >= 0.3 is 0 Å². The van der Waals surface area contributed by atoms with Crippen molar-refractivity contribution in [3.8, 4) is 23.7 Å². The van der Waals surface area contributed by atoms with Crippen molar-refractivity contribution < 1.29 is 4.79 Å². The van der Waals surface area contributed by atoms with Crippen molar-refractivity contribution >= 4 is 62.4 Å². The van der Waals surface area contributed by atoms with Crippen LogP contribution in [0.3, 0.4) is 0 Å². The van der Waals surface area contributed by atoms with E-state index in [0.29, 0.717) is 28.7 Å². The van der Waals surface area contributed by atoms with Crippen LogP contribution in [0.15, 0.2) is 147 Å². The number of aromatic nitrogens is 6. The van der Waals surface area contributed by atoms with Gasteiger partial charge < -0.3 is 31.7 Å². The third-order valence-electron chi connectivity index (χ3n) is 7.81. The van der Waals surface area contributed by atoms with Gasteiger partial charge in [-0.2, -0.15) is 0 Å². The average Bonchev–Trinajstić information content (AvgIpc) is 3.83. The van der Waals surface area contributed by atoms with E-state index in [1.807, 2.05) is 115 Å². The number of nitrogens with two attached hydrogens (primary N) is 1. The van der Waals surface area contributed by atoms with E-state index in [1.165, 1.54) is 18.7 Å². The van der Waals surface area contributed by atoms with Crippen molar-refractivity contribution in [2.24, 2.45) is 0 Å². The van der Waals surface area contributed by atoms with Crippen LogP contribution >= 0.6 is 0 Å². The predicted octanol–water partition coefficient (Wildman–Crippen LogP) is 7.91. The Bertz CT molecular complexity index is 2710. The van der Waals surface area contributed by atoms with Crippen LogP contribution in [0.5, 0.6) is 0 Å². The number of nitrogens with one attached hydrogen (secondary N) is 5. The Morgan fingerprint density at radius 3 is 1.61 bits per heavy atom. The van der Waals surface area contributed by atoms with E-state index in [0.717, 1.165) is 50.3 Å². The van der Waals surface area contributed by atoms with E-state index >= 15 is 0 Å². The number of H-pyrrole nitrogens is 2. The van der Waals surface area contributed by atoms with Gasteiger partial charge in [0.2, 0.25) is 5.91 Å². The van der Waals surface area contributed by atoms with Gasteiger partial charge in [-0.1, -0.05) is 67.0 Å². The molecule has 0 saturated carbocycles. The maximum atomic E-state index is 11.5. The summed E-state index contributed by atoms with van der Waals surface area (Å²) in [5.74, 6) is 13.6. The molecule has 8 aromatic rings. The normalized spacial score (nSPS) is 10.1. The molecule has 0 atom stereocenters.